The molecule has 1 fully saturated rings. The molecule has 0 aromatic heterocycles. The van der Waals surface area contributed by atoms with E-state index in [1.54, 1.807) is 12.1 Å². The van der Waals surface area contributed by atoms with Crippen molar-refractivity contribution in [1.82, 2.24) is 5.32 Å². The van der Waals surface area contributed by atoms with Crippen molar-refractivity contribution in [2.45, 2.75) is 25.8 Å². The lowest BCUT2D eigenvalue weighted by Gasteiger charge is -2.21. The molecule has 0 radical (unpaired) electrons. The van der Waals surface area contributed by atoms with Gasteiger partial charge in [0.15, 0.2) is 0 Å². The predicted octanol–water partition coefficient (Wildman–Crippen LogP) is 3.87. The van der Waals surface area contributed by atoms with E-state index in [1.165, 1.54) is 24.2 Å². The Bertz CT molecular complexity index is 361. The molecular formula is C15H22FNS. The van der Waals surface area contributed by atoms with Crippen LogP contribution in [0.25, 0.3) is 0 Å². The van der Waals surface area contributed by atoms with Gasteiger partial charge in [0.05, 0.1) is 0 Å². The first-order valence-electron chi connectivity index (χ1n) is 6.68. The zero-order valence-corrected chi connectivity index (χ0v) is 12.0. The summed E-state index contributed by atoms with van der Waals surface area (Å²) >= 11 is 1.89. The third-order valence-electron chi connectivity index (χ3n) is 3.46. The van der Waals surface area contributed by atoms with Crippen LogP contribution in [0.2, 0.25) is 0 Å². The van der Waals surface area contributed by atoms with Gasteiger partial charge in [-0.25, -0.2) is 4.39 Å². The number of nitrogens with one attached hydrogen (secondary N) is 1. The second kappa shape index (κ2) is 6.58. The van der Waals surface area contributed by atoms with Crippen molar-refractivity contribution in [3.63, 3.8) is 0 Å². The summed E-state index contributed by atoms with van der Waals surface area (Å²) in [4.78, 5) is 0. The first-order chi connectivity index (χ1) is 8.70. The van der Waals surface area contributed by atoms with E-state index < -0.39 is 0 Å². The van der Waals surface area contributed by atoms with Crippen molar-refractivity contribution in [3.05, 3.63) is 35.6 Å². The minimum absolute atomic E-state index is 0.149. The van der Waals surface area contributed by atoms with Crippen LogP contribution in [0.1, 0.15) is 31.4 Å². The number of hydrogen-bond acceptors (Lipinski definition) is 2. The molecule has 1 aliphatic rings. The Morgan fingerprint density at radius 2 is 2.00 bits per heavy atom. The van der Waals surface area contributed by atoms with Crippen molar-refractivity contribution >= 4 is 11.8 Å². The highest BCUT2D eigenvalue weighted by molar-refractivity contribution is 7.98. The minimum atomic E-state index is -0.149. The van der Waals surface area contributed by atoms with E-state index >= 15 is 0 Å². The van der Waals surface area contributed by atoms with Crippen molar-refractivity contribution in [2.75, 3.05) is 18.6 Å². The summed E-state index contributed by atoms with van der Waals surface area (Å²) in [6.07, 6.45) is 4.74. The molecule has 1 aromatic rings. The van der Waals surface area contributed by atoms with Crippen LogP contribution in [0, 0.1) is 17.7 Å². The van der Waals surface area contributed by atoms with Crippen LogP contribution >= 0.6 is 11.8 Å². The standard InChI is InChI=1S/C15H22FNS/c1-11(10-18-2)9-17-15(12-3-4-12)13-5-7-14(16)8-6-13/h5-8,11-12,15,17H,3-4,9-10H2,1-2H3. The maximum Gasteiger partial charge on any atom is 0.123 e. The van der Waals surface area contributed by atoms with E-state index in [9.17, 15) is 4.39 Å². The molecule has 0 heterocycles. The van der Waals surface area contributed by atoms with Gasteiger partial charge in [-0.2, -0.15) is 11.8 Å². The number of rotatable bonds is 7. The zero-order chi connectivity index (χ0) is 13.0. The van der Waals surface area contributed by atoms with Gasteiger partial charge in [-0.05, 0) is 60.9 Å². The molecule has 2 rings (SSSR count). The van der Waals surface area contributed by atoms with Gasteiger partial charge in [-0.3, -0.25) is 0 Å². The third kappa shape index (κ3) is 3.99. The van der Waals surface area contributed by atoms with Gasteiger partial charge >= 0.3 is 0 Å². The van der Waals surface area contributed by atoms with Crippen LogP contribution in [-0.2, 0) is 0 Å². The van der Waals surface area contributed by atoms with Crippen LogP contribution in [0.5, 0.6) is 0 Å². The summed E-state index contributed by atoms with van der Waals surface area (Å²) < 4.78 is 13.0. The molecule has 1 aromatic carbocycles. The Labute approximate surface area is 114 Å². The molecule has 0 bridgehead atoms. The molecule has 18 heavy (non-hydrogen) atoms. The molecule has 1 nitrogen and oxygen atoms in total. The Morgan fingerprint density at radius 3 is 2.56 bits per heavy atom. The first-order valence-corrected chi connectivity index (χ1v) is 8.08. The van der Waals surface area contributed by atoms with Crippen LogP contribution in [0.4, 0.5) is 4.39 Å². The Kier molecular flexibility index (Phi) is 5.07. The fourth-order valence-corrected chi connectivity index (χ4v) is 3.01. The summed E-state index contributed by atoms with van der Waals surface area (Å²) in [5, 5.41) is 3.67. The average Bonchev–Trinajstić information content (AvgIpc) is 3.16. The fourth-order valence-electron chi connectivity index (χ4n) is 2.33. The average molecular weight is 267 g/mol. The van der Waals surface area contributed by atoms with E-state index in [4.69, 9.17) is 0 Å². The van der Waals surface area contributed by atoms with E-state index in [0.29, 0.717) is 12.0 Å². The molecule has 0 amide bonds. The lowest BCUT2D eigenvalue weighted by atomic mass is 10.0. The molecular weight excluding hydrogens is 245 g/mol. The van der Waals surface area contributed by atoms with E-state index in [2.05, 4.69) is 18.5 Å². The lowest BCUT2D eigenvalue weighted by Crippen LogP contribution is -2.28. The first kappa shape index (κ1) is 13.9. The maximum absolute atomic E-state index is 13.0. The van der Waals surface area contributed by atoms with E-state index in [0.717, 1.165) is 12.5 Å². The van der Waals surface area contributed by atoms with Crippen LogP contribution in [-0.4, -0.2) is 18.6 Å². The van der Waals surface area contributed by atoms with Gasteiger partial charge < -0.3 is 5.32 Å². The number of hydrogen-bond donors (Lipinski definition) is 1. The Hall–Kier alpha value is -0.540. The molecule has 3 heteroatoms. The zero-order valence-electron chi connectivity index (χ0n) is 11.2. The molecule has 0 aliphatic heterocycles. The molecule has 100 valence electrons. The normalized spacial score (nSPS) is 18.6. The van der Waals surface area contributed by atoms with Gasteiger partial charge in [0, 0.05) is 6.04 Å². The lowest BCUT2D eigenvalue weighted by molar-refractivity contribution is 0.441. The van der Waals surface area contributed by atoms with Crippen LogP contribution in [0.3, 0.4) is 0 Å². The molecule has 2 unspecified atom stereocenters. The SMILES string of the molecule is CSCC(C)CNC(c1ccc(F)cc1)C1CC1. The molecule has 1 N–H and O–H groups in total. The Balaban J connectivity index is 1.94. The van der Waals surface area contributed by atoms with Crippen molar-refractivity contribution in [3.8, 4) is 0 Å². The predicted molar refractivity (Wildman–Crippen MR) is 77.4 cm³/mol. The molecule has 1 aliphatic carbocycles. The highest BCUT2D eigenvalue weighted by atomic mass is 32.2. The summed E-state index contributed by atoms with van der Waals surface area (Å²) in [6.45, 7) is 3.32. The monoisotopic (exact) mass is 267 g/mol. The van der Waals surface area contributed by atoms with Gasteiger partial charge in [0.25, 0.3) is 0 Å². The third-order valence-corrected chi connectivity index (χ3v) is 4.36. The molecule has 0 spiro atoms. The second-order valence-electron chi connectivity index (χ2n) is 5.34. The molecule has 0 saturated heterocycles. The summed E-state index contributed by atoms with van der Waals surface area (Å²) in [6, 6.07) is 7.39. The summed E-state index contributed by atoms with van der Waals surface area (Å²) in [7, 11) is 0. The largest absolute Gasteiger partial charge is 0.309 e. The number of thioether (sulfide) groups is 1. The van der Waals surface area contributed by atoms with Gasteiger partial charge in [-0.15, -0.1) is 0 Å². The number of benzene rings is 1. The number of halogens is 1. The molecule has 1 saturated carbocycles. The quantitative estimate of drug-likeness (QED) is 0.805. The highest BCUT2D eigenvalue weighted by Crippen LogP contribution is 2.41. The van der Waals surface area contributed by atoms with Crippen molar-refractivity contribution in [2.24, 2.45) is 11.8 Å². The van der Waals surface area contributed by atoms with Crippen LogP contribution in [0.15, 0.2) is 24.3 Å². The van der Waals surface area contributed by atoms with Gasteiger partial charge in [0.2, 0.25) is 0 Å². The van der Waals surface area contributed by atoms with Gasteiger partial charge in [-0.1, -0.05) is 19.1 Å². The van der Waals surface area contributed by atoms with E-state index in [-0.39, 0.29) is 5.82 Å². The maximum atomic E-state index is 13.0. The van der Waals surface area contributed by atoms with E-state index in [1.807, 2.05) is 23.9 Å². The second-order valence-corrected chi connectivity index (χ2v) is 6.25. The minimum Gasteiger partial charge on any atom is -0.309 e. The molecule has 2 atom stereocenters. The van der Waals surface area contributed by atoms with Gasteiger partial charge in [0.1, 0.15) is 5.82 Å². The fraction of sp³-hybridized carbons (Fsp3) is 0.600. The Morgan fingerprint density at radius 1 is 1.33 bits per heavy atom. The smallest absolute Gasteiger partial charge is 0.123 e. The van der Waals surface area contributed by atoms with Crippen molar-refractivity contribution in [1.29, 1.82) is 0 Å². The summed E-state index contributed by atoms with van der Waals surface area (Å²) in [5.74, 6) is 2.47. The topological polar surface area (TPSA) is 12.0 Å². The summed E-state index contributed by atoms with van der Waals surface area (Å²) in [5.41, 5.74) is 1.23. The van der Waals surface area contributed by atoms with Crippen LogP contribution < -0.4 is 5.32 Å². The van der Waals surface area contributed by atoms with Crippen molar-refractivity contribution < 1.29 is 4.39 Å². The highest BCUT2D eigenvalue weighted by Gasteiger charge is 2.32.